The van der Waals surface area contributed by atoms with Crippen molar-refractivity contribution in [2.75, 3.05) is 0 Å². The highest BCUT2D eigenvalue weighted by molar-refractivity contribution is 5.39. The van der Waals surface area contributed by atoms with Gasteiger partial charge in [0.1, 0.15) is 0 Å². The van der Waals surface area contributed by atoms with Crippen LogP contribution in [0.5, 0.6) is 0 Å². The van der Waals surface area contributed by atoms with Gasteiger partial charge in [-0.3, -0.25) is 0 Å². The van der Waals surface area contributed by atoms with Crippen LogP contribution in [0.4, 0.5) is 0 Å². The van der Waals surface area contributed by atoms with E-state index < -0.39 is 17.8 Å². The summed E-state index contributed by atoms with van der Waals surface area (Å²) >= 11 is 0. The van der Waals surface area contributed by atoms with Crippen LogP contribution < -0.4 is 0 Å². The Morgan fingerprint density at radius 3 is 2.69 bits per heavy atom. The average Bonchev–Trinajstić information content (AvgIpc) is 2.96. The zero-order valence-electron chi connectivity index (χ0n) is 18.6. The first kappa shape index (κ1) is 22.5. The van der Waals surface area contributed by atoms with Gasteiger partial charge in [-0.25, -0.2) is 0 Å². The molecule has 3 nitrogen and oxygen atoms in total. The summed E-state index contributed by atoms with van der Waals surface area (Å²) in [5.74, 6) is 0.598. The topological polar surface area (TPSA) is 60.7 Å². The molecule has 3 N–H and O–H groups in total. The van der Waals surface area contributed by atoms with Gasteiger partial charge in [-0.1, -0.05) is 42.9 Å². The fourth-order valence-corrected chi connectivity index (χ4v) is 5.70. The van der Waals surface area contributed by atoms with Gasteiger partial charge in [-0.2, -0.15) is 0 Å². The maximum atomic E-state index is 10.1. The zero-order valence-corrected chi connectivity index (χ0v) is 18.6. The lowest BCUT2D eigenvalue weighted by Gasteiger charge is -2.39. The molecule has 0 amide bonds. The van der Waals surface area contributed by atoms with Gasteiger partial charge in [0.2, 0.25) is 0 Å². The monoisotopic (exact) mass is 400 g/mol. The largest absolute Gasteiger partial charge is 0.393 e. The zero-order chi connectivity index (χ0) is 21.2. The van der Waals surface area contributed by atoms with Gasteiger partial charge in [-0.05, 0) is 94.1 Å². The van der Waals surface area contributed by atoms with E-state index in [0.29, 0.717) is 18.8 Å². The summed E-state index contributed by atoms with van der Waals surface area (Å²) in [7, 11) is 0. The van der Waals surface area contributed by atoms with Crippen LogP contribution in [0.3, 0.4) is 0 Å². The molecular formula is C26H40O3. The van der Waals surface area contributed by atoms with Gasteiger partial charge >= 0.3 is 0 Å². The molecular weight excluding hydrogens is 360 g/mol. The van der Waals surface area contributed by atoms with Crippen LogP contribution in [0, 0.1) is 11.3 Å². The molecule has 0 unspecified atom stereocenters. The van der Waals surface area contributed by atoms with Crippen molar-refractivity contribution in [3.8, 4) is 0 Å². The molecule has 0 aromatic heterocycles. The first-order chi connectivity index (χ1) is 13.6. The Kier molecular flexibility index (Phi) is 6.92. The lowest BCUT2D eigenvalue weighted by atomic mass is 9.65. The van der Waals surface area contributed by atoms with E-state index in [1.165, 1.54) is 31.3 Å². The first-order valence-electron chi connectivity index (χ1n) is 11.5. The second-order valence-electron chi connectivity index (χ2n) is 10.4. The van der Waals surface area contributed by atoms with E-state index in [-0.39, 0.29) is 5.41 Å². The van der Waals surface area contributed by atoms with Gasteiger partial charge in [0.15, 0.2) is 0 Å². The Balaban J connectivity index is 1.71. The quantitative estimate of drug-likeness (QED) is 0.429. The van der Waals surface area contributed by atoms with E-state index in [9.17, 15) is 15.3 Å². The highest BCUT2D eigenvalue weighted by atomic mass is 16.3. The number of hydrogen-bond acceptors (Lipinski definition) is 3. The molecule has 3 aliphatic rings. The normalized spacial score (nSPS) is 37.5. The Bertz CT molecular complexity index is 706. The van der Waals surface area contributed by atoms with Crippen molar-refractivity contribution in [2.45, 2.75) is 103 Å². The minimum absolute atomic E-state index is 0.264. The van der Waals surface area contributed by atoms with E-state index in [0.717, 1.165) is 36.8 Å². The fourth-order valence-electron chi connectivity index (χ4n) is 5.70. The molecule has 0 saturated heterocycles. The lowest BCUT2D eigenvalue weighted by Crippen LogP contribution is -2.29. The molecule has 3 rings (SSSR count). The van der Waals surface area contributed by atoms with Crippen LogP contribution in [0.15, 0.2) is 47.1 Å². The predicted octanol–water partition coefficient (Wildman–Crippen LogP) is 5.38. The van der Waals surface area contributed by atoms with E-state index in [2.05, 4.69) is 31.7 Å². The number of fused-ring (bicyclic) bond motifs is 1. The third-order valence-corrected chi connectivity index (χ3v) is 7.46. The van der Waals surface area contributed by atoms with Gasteiger partial charge in [0, 0.05) is 6.42 Å². The molecule has 0 aliphatic heterocycles. The predicted molar refractivity (Wildman–Crippen MR) is 119 cm³/mol. The number of aliphatic hydroxyl groups excluding tert-OH is 2. The van der Waals surface area contributed by atoms with E-state index in [1.807, 2.05) is 13.8 Å². The van der Waals surface area contributed by atoms with Gasteiger partial charge in [0.25, 0.3) is 0 Å². The average molecular weight is 401 g/mol. The van der Waals surface area contributed by atoms with Crippen LogP contribution in [-0.4, -0.2) is 33.1 Å². The third-order valence-electron chi connectivity index (χ3n) is 7.46. The highest BCUT2D eigenvalue weighted by Gasteiger charge is 2.45. The standard InChI is InChI=1S/C26H40O3/c1-18-20(16-22(27)17-24(18)28)11-10-19-8-7-15-26(4)21(12-13-23(19)26)9-5-6-14-25(2,3)29/h9-11,22-24,27-29H,1,5-8,12-17H2,2-4H3/b19-10+,20-11-,21-9-/t22-,23+,24+,26-/m1/s1. The Hall–Kier alpha value is -1.16. The minimum atomic E-state index is -0.620. The molecule has 0 heterocycles. The van der Waals surface area contributed by atoms with Crippen molar-refractivity contribution in [1.82, 2.24) is 0 Å². The fraction of sp³-hybridized carbons (Fsp3) is 0.692. The molecule has 0 radical (unpaired) electrons. The van der Waals surface area contributed by atoms with Crippen LogP contribution in [-0.2, 0) is 0 Å². The summed E-state index contributed by atoms with van der Waals surface area (Å²) in [5.41, 5.74) is 4.60. The smallest absolute Gasteiger partial charge is 0.0811 e. The van der Waals surface area contributed by atoms with Crippen molar-refractivity contribution < 1.29 is 15.3 Å². The van der Waals surface area contributed by atoms with Crippen molar-refractivity contribution in [3.63, 3.8) is 0 Å². The second-order valence-corrected chi connectivity index (χ2v) is 10.4. The molecule has 3 heteroatoms. The summed E-state index contributed by atoms with van der Waals surface area (Å²) in [5, 5.41) is 30.0. The van der Waals surface area contributed by atoms with Crippen LogP contribution >= 0.6 is 0 Å². The first-order valence-corrected chi connectivity index (χ1v) is 11.5. The van der Waals surface area contributed by atoms with Crippen molar-refractivity contribution in [2.24, 2.45) is 11.3 Å². The Morgan fingerprint density at radius 1 is 1.21 bits per heavy atom. The summed E-state index contributed by atoms with van der Waals surface area (Å²) in [6.07, 6.45) is 15.7. The minimum Gasteiger partial charge on any atom is -0.393 e. The molecule has 162 valence electrons. The molecule has 0 aromatic carbocycles. The molecule has 3 fully saturated rings. The van der Waals surface area contributed by atoms with Crippen LogP contribution in [0.1, 0.15) is 85.0 Å². The van der Waals surface area contributed by atoms with E-state index in [1.54, 1.807) is 5.57 Å². The molecule has 29 heavy (non-hydrogen) atoms. The third kappa shape index (κ3) is 5.31. The summed E-state index contributed by atoms with van der Waals surface area (Å²) in [4.78, 5) is 0. The summed E-state index contributed by atoms with van der Waals surface area (Å²) < 4.78 is 0. The second kappa shape index (κ2) is 8.91. The number of aliphatic hydroxyl groups is 3. The lowest BCUT2D eigenvalue weighted by molar-refractivity contribution is 0.0691. The summed E-state index contributed by atoms with van der Waals surface area (Å²) in [6, 6.07) is 0. The Labute approximate surface area is 176 Å². The molecule has 3 aliphatic carbocycles. The van der Waals surface area contributed by atoms with E-state index in [4.69, 9.17) is 0 Å². The van der Waals surface area contributed by atoms with Crippen molar-refractivity contribution >= 4 is 0 Å². The maximum absolute atomic E-state index is 10.1. The van der Waals surface area contributed by atoms with Gasteiger partial charge in [0.05, 0.1) is 17.8 Å². The van der Waals surface area contributed by atoms with Crippen molar-refractivity contribution in [3.05, 3.63) is 47.1 Å². The van der Waals surface area contributed by atoms with Gasteiger partial charge < -0.3 is 15.3 Å². The van der Waals surface area contributed by atoms with Crippen LogP contribution in [0.2, 0.25) is 0 Å². The number of unbranched alkanes of at least 4 members (excludes halogenated alkanes) is 1. The van der Waals surface area contributed by atoms with E-state index >= 15 is 0 Å². The maximum Gasteiger partial charge on any atom is 0.0811 e. The van der Waals surface area contributed by atoms with Crippen molar-refractivity contribution in [1.29, 1.82) is 0 Å². The number of rotatable bonds is 5. The summed E-state index contributed by atoms with van der Waals surface area (Å²) in [6.45, 7) is 10.3. The Morgan fingerprint density at radius 2 is 1.97 bits per heavy atom. The molecule has 0 bridgehead atoms. The van der Waals surface area contributed by atoms with Crippen LogP contribution in [0.25, 0.3) is 0 Å². The number of hydrogen-bond donors (Lipinski definition) is 3. The SMILES string of the molecule is C=C1/C(=C\C=C2/CCC[C@]3(C)/C(=C\CCCC(C)(C)O)CC[C@@H]23)C[C@@H](O)C[C@@H]1O. The van der Waals surface area contributed by atoms with Gasteiger partial charge in [-0.15, -0.1) is 0 Å². The molecule has 0 spiro atoms. The molecule has 0 aromatic rings. The number of allylic oxidation sites excluding steroid dienone is 5. The molecule has 3 saturated carbocycles. The molecule has 4 atom stereocenters. The highest BCUT2D eigenvalue weighted by Crippen LogP contribution is 2.57.